The largest absolute Gasteiger partial charge is 0.481 e. The van der Waals surface area contributed by atoms with Gasteiger partial charge in [0.2, 0.25) is 5.91 Å². The second kappa shape index (κ2) is 6.18. The Morgan fingerprint density at radius 3 is 2.11 bits per heavy atom. The van der Waals surface area contributed by atoms with Gasteiger partial charge in [0.15, 0.2) is 0 Å². The van der Waals surface area contributed by atoms with Crippen LogP contribution in [-0.2, 0) is 9.59 Å². The van der Waals surface area contributed by atoms with Crippen LogP contribution in [0.5, 0.6) is 0 Å². The van der Waals surface area contributed by atoms with E-state index in [2.05, 4.69) is 5.32 Å². The number of carboxylic acids is 1. The number of aliphatic hydroxyl groups is 1. The molecule has 1 amide bonds. The Kier molecular flexibility index (Phi) is 5.14. The van der Waals surface area contributed by atoms with Gasteiger partial charge in [-0.3, -0.25) is 9.59 Å². The van der Waals surface area contributed by atoms with E-state index in [0.29, 0.717) is 32.1 Å². The lowest BCUT2D eigenvalue weighted by molar-refractivity contribution is -0.144. The van der Waals surface area contributed by atoms with Gasteiger partial charge in [-0.25, -0.2) is 0 Å². The van der Waals surface area contributed by atoms with Crippen LogP contribution < -0.4 is 5.32 Å². The maximum Gasteiger partial charge on any atom is 0.306 e. The van der Waals surface area contributed by atoms with Gasteiger partial charge < -0.3 is 15.5 Å². The van der Waals surface area contributed by atoms with Gasteiger partial charge in [-0.1, -0.05) is 0 Å². The average Bonchev–Trinajstić information content (AvgIpc) is 2.28. The van der Waals surface area contributed by atoms with Crippen LogP contribution in [-0.4, -0.2) is 34.2 Å². The maximum atomic E-state index is 12.0. The van der Waals surface area contributed by atoms with E-state index in [4.69, 9.17) is 10.2 Å². The Morgan fingerprint density at radius 1 is 1.17 bits per heavy atom. The van der Waals surface area contributed by atoms with E-state index in [1.165, 1.54) is 0 Å². The molecule has 5 nitrogen and oxygen atoms in total. The Balaban J connectivity index is 2.43. The third-order valence-electron chi connectivity index (χ3n) is 3.65. The topological polar surface area (TPSA) is 86.6 Å². The standard InChI is InChI=1S/C13H23NO4/c1-13(2,7-8-15)14-11(16)9-3-5-10(6-4-9)12(17)18/h9-10,15H,3-8H2,1-2H3,(H,14,16)(H,17,18). The lowest BCUT2D eigenvalue weighted by Gasteiger charge is -2.31. The van der Waals surface area contributed by atoms with E-state index in [9.17, 15) is 9.59 Å². The molecule has 0 heterocycles. The van der Waals surface area contributed by atoms with E-state index >= 15 is 0 Å². The molecule has 0 aromatic rings. The third-order valence-corrected chi connectivity index (χ3v) is 3.65. The highest BCUT2D eigenvalue weighted by Crippen LogP contribution is 2.29. The van der Waals surface area contributed by atoms with Gasteiger partial charge in [0.25, 0.3) is 0 Å². The van der Waals surface area contributed by atoms with Crippen LogP contribution >= 0.6 is 0 Å². The van der Waals surface area contributed by atoms with Gasteiger partial charge in [0.05, 0.1) is 5.92 Å². The molecule has 5 heteroatoms. The molecule has 18 heavy (non-hydrogen) atoms. The molecule has 3 N–H and O–H groups in total. The summed E-state index contributed by atoms with van der Waals surface area (Å²) in [6.07, 6.45) is 2.95. The molecular weight excluding hydrogens is 234 g/mol. The van der Waals surface area contributed by atoms with E-state index in [-0.39, 0.29) is 24.3 Å². The molecule has 1 rings (SSSR count). The number of hydrogen-bond acceptors (Lipinski definition) is 3. The Labute approximate surface area is 108 Å². The molecule has 1 aliphatic carbocycles. The number of rotatable bonds is 5. The molecule has 0 unspecified atom stereocenters. The minimum absolute atomic E-state index is 0.0164. The van der Waals surface area contributed by atoms with Crippen LogP contribution in [0.4, 0.5) is 0 Å². The molecule has 0 aliphatic heterocycles. The first-order valence-electron chi connectivity index (χ1n) is 6.51. The molecule has 0 bridgehead atoms. The number of aliphatic hydroxyl groups excluding tert-OH is 1. The highest BCUT2D eigenvalue weighted by Gasteiger charge is 2.31. The molecule has 0 spiro atoms. The van der Waals surface area contributed by atoms with E-state index in [0.717, 1.165) is 0 Å². The van der Waals surface area contributed by atoms with Crippen molar-refractivity contribution in [2.45, 2.75) is 51.5 Å². The molecule has 0 aromatic heterocycles. The first kappa shape index (κ1) is 15.0. The number of aliphatic carboxylic acids is 1. The Bertz CT molecular complexity index is 306. The molecule has 0 atom stereocenters. The zero-order valence-corrected chi connectivity index (χ0v) is 11.1. The fraction of sp³-hybridized carbons (Fsp3) is 0.846. The van der Waals surface area contributed by atoms with Crippen molar-refractivity contribution >= 4 is 11.9 Å². The number of carbonyl (C=O) groups is 2. The predicted molar refractivity (Wildman–Crippen MR) is 67.0 cm³/mol. The van der Waals surface area contributed by atoms with Crippen molar-refractivity contribution in [3.63, 3.8) is 0 Å². The molecule has 1 aliphatic rings. The highest BCUT2D eigenvalue weighted by atomic mass is 16.4. The van der Waals surface area contributed by atoms with Crippen LogP contribution in [0.3, 0.4) is 0 Å². The van der Waals surface area contributed by atoms with Gasteiger partial charge in [-0.05, 0) is 46.0 Å². The zero-order chi connectivity index (χ0) is 13.8. The summed E-state index contributed by atoms with van der Waals surface area (Å²) in [5, 5.41) is 20.7. The minimum Gasteiger partial charge on any atom is -0.481 e. The molecule has 0 aromatic carbocycles. The predicted octanol–water partition coefficient (Wildman–Crippen LogP) is 1.15. The van der Waals surface area contributed by atoms with Crippen molar-refractivity contribution in [2.75, 3.05) is 6.61 Å². The third kappa shape index (κ3) is 4.29. The summed E-state index contributed by atoms with van der Waals surface area (Å²) in [5.41, 5.74) is -0.407. The fourth-order valence-corrected chi connectivity index (χ4v) is 2.38. The van der Waals surface area contributed by atoms with Crippen molar-refractivity contribution in [1.82, 2.24) is 5.32 Å². The Morgan fingerprint density at radius 2 is 1.67 bits per heavy atom. The Hall–Kier alpha value is -1.10. The second-order valence-electron chi connectivity index (χ2n) is 5.73. The smallest absolute Gasteiger partial charge is 0.306 e. The van der Waals surface area contributed by atoms with Crippen molar-refractivity contribution < 1.29 is 19.8 Å². The van der Waals surface area contributed by atoms with Gasteiger partial charge in [-0.15, -0.1) is 0 Å². The van der Waals surface area contributed by atoms with Crippen molar-refractivity contribution in [1.29, 1.82) is 0 Å². The first-order chi connectivity index (χ1) is 8.35. The monoisotopic (exact) mass is 257 g/mol. The summed E-state index contributed by atoms with van der Waals surface area (Å²) in [6.45, 7) is 3.80. The van der Waals surface area contributed by atoms with Crippen LogP contribution in [0.25, 0.3) is 0 Å². The van der Waals surface area contributed by atoms with Crippen molar-refractivity contribution in [2.24, 2.45) is 11.8 Å². The van der Waals surface area contributed by atoms with E-state index < -0.39 is 11.5 Å². The van der Waals surface area contributed by atoms with Gasteiger partial charge in [0, 0.05) is 18.1 Å². The summed E-state index contributed by atoms with van der Waals surface area (Å²) < 4.78 is 0. The van der Waals surface area contributed by atoms with Crippen LogP contribution in [0.1, 0.15) is 46.0 Å². The van der Waals surface area contributed by atoms with Crippen LogP contribution in [0.2, 0.25) is 0 Å². The van der Waals surface area contributed by atoms with Gasteiger partial charge in [-0.2, -0.15) is 0 Å². The summed E-state index contributed by atoms with van der Waals surface area (Å²) >= 11 is 0. The quantitative estimate of drug-likeness (QED) is 0.689. The SMILES string of the molecule is CC(C)(CCO)NC(=O)C1CCC(C(=O)O)CC1. The van der Waals surface area contributed by atoms with Gasteiger partial charge >= 0.3 is 5.97 Å². The summed E-state index contributed by atoms with van der Waals surface area (Å²) in [7, 11) is 0. The lowest BCUT2D eigenvalue weighted by atomic mass is 9.81. The number of nitrogens with one attached hydrogen (secondary N) is 1. The normalized spacial score (nSPS) is 24.6. The fourth-order valence-electron chi connectivity index (χ4n) is 2.38. The van der Waals surface area contributed by atoms with E-state index in [1.807, 2.05) is 13.8 Å². The molecule has 104 valence electrons. The molecule has 0 radical (unpaired) electrons. The summed E-state index contributed by atoms with van der Waals surface area (Å²) in [4.78, 5) is 22.8. The molecule has 0 saturated heterocycles. The molecule has 1 fully saturated rings. The first-order valence-corrected chi connectivity index (χ1v) is 6.51. The second-order valence-corrected chi connectivity index (χ2v) is 5.73. The van der Waals surface area contributed by atoms with E-state index in [1.54, 1.807) is 0 Å². The molecular formula is C13H23NO4. The minimum atomic E-state index is -0.755. The number of carbonyl (C=O) groups excluding carboxylic acids is 1. The highest BCUT2D eigenvalue weighted by molar-refractivity contribution is 5.80. The zero-order valence-electron chi connectivity index (χ0n) is 11.1. The number of carboxylic acid groups (broad SMARTS) is 1. The maximum absolute atomic E-state index is 12.0. The molecule has 1 saturated carbocycles. The van der Waals surface area contributed by atoms with Gasteiger partial charge in [0.1, 0.15) is 0 Å². The lowest BCUT2D eigenvalue weighted by Crippen LogP contribution is -2.47. The van der Waals surface area contributed by atoms with Crippen molar-refractivity contribution in [3.05, 3.63) is 0 Å². The van der Waals surface area contributed by atoms with Crippen LogP contribution in [0.15, 0.2) is 0 Å². The summed E-state index contributed by atoms with van der Waals surface area (Å²) in [5.74, 6) is -1.15. The number of amides is 1. The van der Waals surface area contributed by atoms with Crippen molar-refractivity contribution in [3.8, 4) is 0 Å². The average molecular weight is 257 g/mol. The number of hydrogen-bond donors (Lipinski definition) is 3. The summed E-state index contributed by atoms with van der Waals surface area (Å²) in [6, 6.07) is 0. The van der Waals surface area contributed by atoms with Crippen LogP contribution in [0, 0.1) is 11.8 Å².